The number of carboxylic acid groups (broad SMARTS) is 1. The Hall–Kier alpha value is -1.39. The maximum atomic E-state index is 10.7. The molecule has 0 radical (unpaired) electrons. The Morgan fingerprint density at radius 2 is 1.81 bits per heavy atom. The van der Waals surface area contributed by atoms with Gasteiger partial charge in [-0.1, -0.05) is 24.3 Å². The molecule has 4 nitrogen and oxygen atoms in total. The zero-order valence-electron chi connectivity index (χ0n) is 12.7. The average Bonchev–Trinajstić information content (AvgIpc) is 2.68. The van der Waals surface area contributed by atoms with E-state index >= 15 is 0 Å². The normalized spacial score (nSPS) is 26.7. The van der Waals surface area contributed by atoms with E-state index in [1.807, 2.05) is 12.1 Å². The highest BCUT2D eigenvalue weighted by Crippen LogP contribution is 2.29. The number of rotatable bonds is 4. The van der Waals surface area contributed by atoms with E-state index in [-0.39, 0.29) is 6.42 Å². The fraction of sp³-hybridized carbons (Fsp3) is 0.588. The summed E-state index contributed by atoms with van der Waals surface area (Å²) in [7, 11) is 2.27. The fourth-order valence-electron chi connectivity index (χ4n) is 3.72. The highest BCUT2D eigenvalue weighted by Gasteiger charge is 2.34. The van der Waals surface area contributed by atoms with Crippen LogP contribution in [-0.4, -0.2) is 53.1 Å². The fourth-order valence-corrected chi connectivity index (χ4v) is 3.72. The van der Waals surface area contributed by atoms with Gasteiger partial charge in [0, 0.05) is 31.7 Å². The maximum Gasteiger partial charge on any atom is 0.307 e. The van der Waals surface area contributed by atoms with E-state index in [0.29, 0.717) is 6.04 Å². The number of nitrogens with zero attached hydrogens (tertiary/aromatic N) is 2. The molecule has 0 aliphatic carbocycles. The van der Waals surface area contributed by atoms with Crippen LogP contribution in [0.5, 0.6) is 0 Å². The molecule has 2 aliphatic heterocycles. The van der Waals surface area contributed by atoms with E-state index in [9.17, 15) is 4.79 Å². The molecule has 2 heterocycles. The van der Waals surface area contributed by atoms with Crippen LogP contribution in [0.1, 0.15) is 30.4 Å². The molecule has 114 valence electrons. The standard InChI is InChI=1S/C17H24N2O2/c1-18-15-6-7-16(18)12-19(9-8-15)11-14-4-2-13(3-5-14)10-17(20)21/h2-5,15-16H,6-12H2,1H3,(H,20,21). The zero-order chi connectivity index (χ0) is 14.8. The number of carboxylic acids is 1. The smallest absolute Gasteiger partial charge is 0.307 e. The van der Waals surface area contributed by atoms with Crippen LogP contribution in [0.15, 0.2) is 24.3 Å². The van der Waals surface area contributed by atoms with Crippen molar-refractivity contribution in [1.82, 2.24) is 9.80 Å². The zero-order valence-corrected chi connectivity index (χ0v) is 12.7. The van der Waals surface area contributed by atoms with E-state index in [1.54, 1.807) is 0 Å². The lowest BCUT2D eigenvalue weighted by Gasteiger charge is -2.25. The second kappa shape index (κ2) is 6.16. The van der Waals surface area contributed by atoms with Crippen LogP contribution in [0.4, 0.5) is 0 Å². The number of hydrogen-bond acceptors (Lipinski definition) is 3. The topological polar surface area (TPSA) is 43.8 Å². The van der Waals surface area contributed by atoms with Gasteiger partial charge in [0.15, 0.2) is 0 Å². The molecule has 1 aromatic rings. The Labute approximate surface area is 126 Å². The summed E-state index contributed by atoms with van der Waals surface area (Å²) >= 11 is 0. The van der Waals surface area contributed by atoms with Crippen LogP contribution >= 0.6 is 0 Å². The molecule has 0 saturated carbocycles. The summed E-state index contributed by atoms with van der Waals surface area (Å²) < 4.78 is 0. The van der Waals surface area contributed by atoms with Crippen molar-refractivity contribution in [2.75, 3.05) is 20.1 Å². The highest BCUT2D eigenvalue weighted by atomic mass is 16.4. The van der Waals surface area contributed by atoms with Gasteiger partial charge in [-0.3, -0.25) is 14.6 Å². The minimum atomic E-state index is -0.769. The monoisotopic (exact) mass is 288 g/mol. The van der Waals surface area contributed by atoms with Crippen molar-refractivity contribution in [3.05, 3.63) is 35.4 Å². The van der Waals surface area contributed by atoms with Gasteiger partial charge in [-0.25, -0.2) is 0 Å². The van der Waals surface area contributed by atoms with Crippen molar-refractivity contribution in [3.8, 4) is 0 Å². The second-order valence-electron chi connectivity index (χ2n) is 6.46. The SMILES string of the molecule is CN1C2CCC1CN(Cc1ccc(CC(=O)O)cc1)CC2. The molecule has 2 saturated heterocycles. The molecule has 4 heteroatoms. The summed E-state index contributed by atoms with van der Waals surface area (Å²) in [6.07, 6.45) is 4.07. The molecule has 1 aromatic carbocycles. The molecule has 21 heavy (non-hydrogen) atoms. The van der Waals surface area contributed by atoms with Gasteiger partial charge < -0.3 is 5.11 Å². The Morgan fingerprint density at radius 3 is 2.52 bits per heavy atom. The minimum Gasteiger partial charge on any atom is -0.481 e. The number of likely N-dealkylation sites (tertiary alicyclic amines) is 1. The predicted molar refractivity (Wildman–Crippen MR) is 82.2 cm³/mol. The number of fused-ring (bicyclic) bond motifs is 2. The van der Waals surface area contributed by atoms with E-state index in [4.69, 9.17) is 5.11 Å². The van der Waals surface area contributed by atoms with Crippen LogP contribution in [0.25, 0.3) is 0 Å². The second-order valence-corrected chi connectivity index (χ2v) is 6.46. The molecule has 0 amide bonds. The summed E-state index contributed by atoms with van der Waals surface area (Å²) in [5.41, 5.74) is 2.16. The Balaban J connectivity index is 1.60. The predicted octanol–water partition coefficient (Wildman–Crippen LogP) is 1.98. The lowest BCUT2D eigenvalue weighted by molar-refractivity contribution is -0.136. The summed E-state index contributed by atoms with van der Waals surface area (Å²) in [5, 5.41) is 8.80. The lowest BCUT2D eigenvalue weighted by Crippen LogP contribution is -2.36. The first kappa shape index (κ1) is 14.5. The molecule has 3 rings (SSSR count). The minimum absolute atomic E-state index is 0.110. The van der Waals surface area contributed by atoms with Crippen LogP contribution in [-0.2, 0) is 17.8 Å². The van der Waals surface area contributed by atoms with Gasteiger partial charge in [0.05, 0.1) is 6.42 Å². The summed E-state index contributed by atoms with van der Waals surface area (Å²) in [5.74, 6) is -0.769. The van der Waals surface area contributed by atoms with Crippen molar-refractivity contribution in [2.45, 2.75) is 44.3 Å². The van der Waals surface area contributed by atoms with Gasteiger partial charge in [0.2, 0.25) is 0 Å². The molecule has 2 unspecified atom stereocenters. The van der Waals surface area contributed by atoms with Crippen LogP contribution in [0.3, 0.4) is 0 Å². The van der Waals surface area contributed by atoms with Crippen LogP contribution in [0, 0.1) is 0 Å². The summed E-state index contributed by atoms with van der Waals surface area (Å²) in [6, 6.07) is 9.52. The Bertz CT molecular complexity index is 500. The van der Waals surface area contributed by atoms with Crippen molar-refractivity contribution < 1.29 is 9.90 Å². The molecule has 0 aromatic heterocycles. The molecule has 2 atom stereocenters. The third kappa shape index (κ3) is 3.44. The first-order chi connectivity index (χ1) is 10.1. The molecule has 2 aliphatic rings. The molecular weight excluding hydrogens is 264 g/mol. The van der Waals surface area contributed by atoms with Crippen molar-refractivity contribution >= 4 is 5.97 Å². The van der Waals surface area contributed by atoms with Gasteiger partial charge in [0.25, 0.3) is 0 Å². The van der Waals surface area contributed by atoms with E-state index in [1.165, 1.54) is 31.4 Å². The number of aliphatic carboxylic acids is 1. The molecule has 1 N–H and O–H groups in total. The highest BCUT2D eigenvalue weighted by molar-refractivity contribution is 5.70. The third-order valence-corrected chi connectivity index (χ3v) is 5.02. The summed E-state index contributed by atoms with van der Waals surface area (Å²) in [4.78, 5) is 15.8. The molecular formula is C17H24N2O2. The van der Waals surface area contributed by atoms with Gasteiger partial charge >= 0.3 is 5.97 Å². The third-order valence-electron chi connectivity index (χ3n) is 5.02. The quantitative estimate of drug-likeness (QED) is 0.920. The first-order valence-corrected chi connectivity index (χ1v) is 7.86. The largest absolute Gasteiger partial charge is 0.481 e. The summed E-state index contributed by atoms with van der Waals surface area (Å²) in [6.45, 7) is 3.30. The molecule has 2 fully saturated rings. The maximum absolute atomic E-state index is 10.7. The molecule has 0 spiro atoms. The van der Waals surface area contributed by atoms with E-state index in [0.717, 1.165) is 24.7 Å². The van der Waals surface area contributed by atoms with E-state index in [2.05, 4.69) is 29.0 Å². The van der Waals surface area contributed by atoms with E-state index < -0.39 is 5.97 Å². The lowest BCUT2D eigenvalue weighted by atomic mass is 10.1. The number of hydrogen-bond donors (Lipinski definition) is 1. The first-order valence-electron chi connectivity index (χ1n) is 7.86. The van der Waals surface area contributed by atoms with Crippen molar-refractivity contribution in [1.29, 1.82) is 0 Å². The van der Waals surface area contributed by atoms with Gasteiger partial charge in [-0.15, -0.1) is 0 Å². The van der Waals surface area contributed by atoms with Gasteiger partial charge in [-0.2, -0.15) is 0 Å². The number of likely N-dealkylation sites (N-methyl/N-ethyl adjacent to an activating group) is 1. The number of benzene rings is 1. The van der Waals surface area contributed by atoms with Crippen molar-refractivity contribution in [3.63, 3.8) is 0 Å². The van der Waals surface area contributed by atoms with Gasteiger partial charge in [-0.05, 0) is 37.4 Å². The Kier molecular flexibility index (Phi) is 4.27. The van der Waals surface area contributed by atoms with Crippen LogP contribution in [0.2, 0.25) is 0 Å². The Morgan fingerprint density at radius 1 is 1.14 bits per heavy atom. The average molecular weight is 288 g/mol. The number of carbonyl (C=O) groups is 1. The molecule has 2 bridgehead atoms. The van der Waals surface area contributed by atoms with Crippen LogP contribution < -0.4 is 0 Å². The van der Waals surface area contributed by atoms with Crippen molar-refractivity contribution in [2.24, 2.45) is 0 Å². The van der Waals surface area contributed by atoms with Gasteiger partial charge in [0.1, 0.15) is 0 Å².